The number of amides is 1. The molecule has 0 unspecified atom stereocenters. The number of halogens is 2. The molecule has 3 rings (SSSR count). The van der Waals surface area contributed by atoms with Crippen molar-refractivity contribution in [3.8, 4) is 0 Å². The summed E-state index contributed by atoms with van der Waals surface area (Å²) in [6.07, 6.45) is 0. The van der Waals surface area contributed by atoms with Crippen LogP contribution >= 0.6 is 11.3 Å². The van der Waals surface area contributed by atoms with Gasteiger partial charge in [0, 0.05) is 0 Å². The van der Waals surface area contributed by atoms with Crippen molar-refractivity contribution in [3.05, 3.63) is 58.7 Å². The fourth-order valence-corrected chi connectivity index (χ4v) is 3.05. The minimum absolute atomic E-state index is 0.313. The molecule has 0 saturated carbocycles. The monoisotopic (exact) mass is 318 g/mol. The molecule has 0 spiro atoms. The number of nitrogens with one attached hydrogen (secondary N) is 1. The zero-order valence-corrected chi connectivity index (χ0v) is 12.7. The zero-order chi connectivity index (χ0) is 15.9. The Morgan fingerprint density at radius 2 is 1.77 bits per heavy atom. The average Bonchev–Trinajstić information content (AvgIpc) is 2.80. The van der Waals surface area contributed by atoms with Gasteiger partial charge in [0.15, 0.2) is 5.13 Å². The molecule has 0 aliphatic carbocycles. The van der Waals surface area contributed by atoms with Crippen LogP contribution in [0.15, 0.2) is 30.3 Å². The number of aryl methyl sites for hydroxylation is 2. The summed E-state index contributed by atoms with van der Waals surface area (Å²) in [5, 5.41) is 2.77. The van der Waals surface area contributed by atoms with Crippen LogP contribution in [0.2, 0.25) is 0 Å². The molecular formula is C16H12F2N2OS. The van der Waals surface area contributed by atoms with Gasteiger partial charge in [-0.15, -0.1) is 0 Å². The molecule has 6 heteroatoms. The minimum Gasteiger partial charge on any atom is -0.298 e. The third-order valence-corrected chi connectivity index (χ3v) is 4.35. The fraction of sp³-hybridized carbons (Fsp3) is 0.125. The lowest BCUT2D eigenvalue weighted by Gasteiger charge is -2.03. The number of anilines is 1. The van der Waals surface area contributed by atoms with Crippen molar-refractivity contribution in [1.29, 1.82) is 0 Å². The number of rotatable bonds is 2. The lowest BCUT2D eigenvalue weighted by molar-refractivity contribution is 0.101. The molecule has 2 aromatic carbocycles. The highest BCUT2D eigenvalue weighted by atomic mass is 32.1. The number of carbonyl (C=O) groups excluding carboxylic acids is 1. The molecule has 0 saturated heterocycles. The van der Waals surface area contributed by atoms with Crippen LogP contribution in [0.1, 0.15) is 21.5 Å². The second-order valence-electron chi connectivity index (χ2n) is 4.97. The lowest BCUT2D eigenvalue weighted by Crippen LogP contribution is -2.15. The summed E-state index contributed by atoms with van der Waals surface area (Å²) in [6, 6.07) is 7.19. The molecule has 112 valence electrons. The summed E-state index contributed by atoms with van der Waals surface area (Å²) < 4.78 is 28.1. The van der Waals surface area contributed by atoms with Gasteiger partial charge in [0.1, 0.15) is 17.2 Å². The molecule has 0 aliphatic rings. The van der Waals surface area contributed by atoms with Gasteiger partial charge in [-0.2, -0.15) is 0 Å². The van der Waals surface area contributed by atoms with Gasteiger partial charge in [0.25, 0.3) is 5.91 Å². The van der Waals surface area contributed by atoms with Crippen molar-refractivity contribution in [2.75, 3.05) is 5.32 Å². The van der Waals surface area contributed by atoms with E-state index < -0.39 is 23.1 Å². The Morgan fingerprint density at radius 1 is 1.14 bits per heavy atom. The van der Waals surface area contributed by atoms with Crippen LogP contribution in [0.4, 0.5) is 13.9 Å². The number of fused-ring (bicyclic) bond motifs is 1. The first-order valence-electron chi connectivity index (χ1n) is 6.59. The van der Waals surface area contributed by atoms with E-state index in [0.717, 1.165) is 33.5 Å². The predicted octanol–water partition coefficient (Wildman–Crippen LogP) is 4.44. The molecule has 0 radical (unpaired) electrons. The third-order valence-electron chi connectivity index (χ3n) is 3.41. The number of carbonyl (C=O) groups is 1. The molecule has 1 amide bonds. The smallest absolute Gasteiger partial charge is 0.263 e. The van der Waals surface area contributed by atoms with Gasteiger partial charge in [-0.1, -0.05) is 17.4 Å². The predicted molar refractivity (Wildman–Crippen MR) is 83.4 cm³/mol. The number of hydrogen-bond donors (Lipinski definition) is 1. The summed E-state index contributed by atoms with van der Waals surface area (Å²) in [5.41, 5.74) is 2.36. The standard InChI is InChI=1S/C16H12F2N2OS/c1-8-6-12-13(7-9(8)2)22-16(19-12)20-15(21)14-10(17)4-3-5-11(14)18/h3-7H,1-2H3,(H,19,20,21). The Hall–Kier alpha value is -2.34. The van der Waals surface area contributed by atoms with E-state index in [1.54, 1.807) is 0 Å². The summed E-state index contributed by atoms with van der Waals surface area (Å²) >= 11 is 1.27. The fourth-order valence-electron chi connectivity index (χ4n) is 2.11. The van der Waals surface area contributed by atoms with E-state index in [9.17, 15) is 13.6 Å². The van der Waals surface area contributed by atoms with Crippen LogP contribution in [0.5, 0.6) is 0 Å². The summed E-state index contributed by atoms with van der Waals surface area (Å²) in [6.45, 7) is 3.96. The normalized spacial score (nSPS) is 10.9. The van der Waals surface area contributed by atoms with Crippen molar-refractivity contribution in [3.63, 3.8) is 0 Å². The van der Waals surface area contributed by atoms with Crippen LogP contribution in [0.25, 0.3) is 10.2 Å². The van der Waals surface area contributed by atoms with Gasteiger partial charge in [-0.25, -0.2) is 13.8 Å². The highest BCUT2D eigenvalue weighted by Crippen LogP contribution is 2.28. The number of aromatic nitrogens is 1. The van der Waals surface area contributed by atoms with Crippen molar-refractivity contribution < 1.29 is 13.6 Å². The Morgan fingerprint density at radius 3 is 2.45 bits per heavy atom. The number of benzene rings is 2. The highest BCUT2D eigenvalue weighted by Gasteiger charge is 2.18. The van der Waals surface area contributed by atoms with Crippen LogP contribution in [-0.4, -0.2) is 10.9 Å². The molecular weight excluding hydrogens is 306 g/mol. The Bertz CT molecular complexity index is 830. The molecule has 0 aliphatic heterocycles. The maximum atomic E-state index is 13.6. The Labute approximate surface area is 129 Å². The van der Waals surface area contributed by atoms with Crippen molar-refractivity contribution in [1.82, 2.24) is 4.98 Å². The minimum atomic E-state index is -0.898. The second-order valence-corrected chi connectivity index (χ2v) is 6.00. The molecule has 0 atom stereocenters. The largest absolute Gasteiger partial charge is 0.298 e. The first-order chi connectivity index (χ1) is 10.5. The van der Waals surface area contributed by atoms with Gasteiger partial charge in [-0.05, 0) is 49.2 Å². The number of thiazole rings is 1. The first-order valence-corrected chi connectivity index (χ1v) is 7.40. The molecule has 3 aromatic rings. The molecule has 0 bridgehead atoms. The van der Waals surface area contributed by atoms with E-state index in [2.05, 4.69) is 10.3 Å². The lowest BCUT2D eigenvalue weighted by atomic mass is 10.1. The summed E-state index contributed by atoms with van der Waals surface area (Å²) in [5.74, 6) is -2.64. The van der Waals surface area contributed by atoms with Crippen LogP contribution in [0.3, 0.4) is 0 Å². The Kier molecular flexibility index (Phi) is 3.62. The van der Waals surface area contributed by atoms with Crippen molar-refractivity contribution >= 4 is 32.6 Å². The van der Waals surface area contributed by atoms with Gasteiger partial charge < -0.3 is 0 Å². The molecule has 1 heterocycles. The maximum absolute atomic E-state index is 13.6. The summed E-state index contributed by atoms with van der Waals surface area (Å²) in [4.78, 5) is 16.3. The van der Waals surface area contributed by atoms with Crippen molar-refractivity contribution in [2.24, 2.45) is 0 Å². The molecule has 22 heavy (non-hydrogen) atoms. The first kappa shape index (κ1) is 14.6. The van der Waals surface area contributed by atoms with Crippen LogP contribution < -0.4 is 5.32 Å². The van der Waals surface area contributed by atoms with Gasteiger partial charge in [0.05, 0.1) is 10.2 Å². The zero-order valence-electron chi connectivity index (χ0n) is 11.9. The maximum Gasteiger partial charge on any atom is 0.263 e. The summed E-state index contributed by atoms with van der Waals surface area (Å²) in [7, 11) is 0. The van der Waals surface area contributed by atoms with E-state index in [1.165, 1.54) is 17.4 Å². The van der Waals surface area contributed by atoms with E-state index in [-0.39, 0.29) is 0 Å². The van der Waals surface area contributed by atoms with E-state index >= 15 is 0 Å². The number of hydrogen-bond acceptors (Lipinski definition) is 3. The Balaban J connectivity index is 1.94. The van der Waals surface area contributed by atoms with E-state index in [0.29, 0.717) is 5.13 Å². The van der Waals surface area contributed by atoms with Crippen LogP contribution in [-0.2, 0) is 0 Å². The molecule has 1 aromatic heterocycles. The molecule has 1 N–H and O–H groups in total. The van der Waals surface area contributed by atoms with E-state index in [4.69, 9.17) is 0 Å². The average molecular weight is 318 g/mol. The topological polar surface area (TPSA) is 42.0 Å². The second kappa shape index (κ2) is 5.46. The van der Waals surface area contributed by atoms with Crippen molar-refractivity contribution in [2.45, 2.75) is 13.8 Å². The van der Waals surface area contributed by atoms with Gasteiger partial charge >= 0.3 is 0 Å². The molecule has 3 nitrogen and oxygen atoms in total. The van der Waals surface area contributed by atoms with E-state index in [1.807, 2.05) is 26.0 Å². The van der Waals surface area contributed by atoms with Gasteiger partial charge in [0.2, 0.25) is 0 Å². The number of nitrogens with zero attached hydrogens (tertiary/aromatic N) is 1. The SMILES string of the molecule is Cc1cc2nc(NC(=O)c3c(F)cccc3F)sc2cc1C. The molecule has 0 fully saturated rings. The van der Waals surface area contributed by atoms with Crippen LogP contribution in [0, 0.1) is 25.5 Å². The van der Waals surface area contributed by atoms with Gasteiger partial charge in [-0.3, -0.25) is 10.1 Å². The third kappa shape index (κ3) is 2.57. The quantitative estimate of drug-likeness (QED) is 0.759. The highest BCUT2D eigenvalue weighted by molar-refractivity contribution is 7.22.